The van der Waals surface area contributed by atoms with E-state index in [1.807, 2.05) is 30.7 Å². The molecule has 0 aliphatic heterocycles. The number of nitrogens with zero attached hydrogens (tertiary/aromatic N) is 4. The summed E-state index contributed by atoms with van der Waals surface area (Å²) in [6.07, 6.45) is 6.16. The van der Waals surface area contributed by atoms with Gasteiger partial charge in [-0.05, 0) is 50.3 Å². The molecule has 1 aliphatic rings. The number of carbonyl (C=O) groups excluding carboxylic acids is 1. The number of rotatable bonds is 7. The first-order chi connectivity index (χ1) is 16.5. The lowest BCUT2D eigenvalue weighted by molar-refractivity contribution is -0.113. The number of benzene rings is 1. The zero-order valence-electron chi connectivity index (χ0n) is 19.1. The number of para-hydroxylation sites is 1. The summed E-state index contributed by atoms with van der Waals surface area (Å²) < 4.78 is 7.76. The molecule has 1 N–H and O–H groups in total. The highest BCUT2D eigenvalue weighted by molar-refractivity contribution is 7.99. The van der Waals surface area contributed by atoms with E-state index in [9.17, 15) is 10.1 Å². The Morgan fingerprint density at radius 2 is 2.06 bits per heavy atom. The van der Waals surface area contributed by atoms with Gasteiger partial charge in [-0.3, -0.25) is 4.79 Å². The first-order valence-electron chi connectivity index (χ1n) is 11.3. The van der Waals surface area contributed by atoms with Gasteiger partial charge in [0.2, 0.25) is 5.91 Å². The molecule has 10 heteroatoms. The Kier molecular flexibility index (Phi) is 8.14. The maximum absolute atomic E-state index is 12.7. The molecule has 1 aliphatic carbocycles. The van der Waals surface area contributed by atoms with Crippen molar-refractivity contribution in [2.75, 3.05) is 11.1 Å². The largest absolute Gasteiger partial charge is 0.481 e. The molecule has 1 atom stereocenters. The van der Waals surface area contributed by atoms with E-state index in [0.29, 0.717) is 32.3 Å². The fourth-order valence-electron chi connectivity index (χ4n) is 4.01. The minimum atomic E-state index is -0.371. The van der Waals surface area contributed by atoms with Crippen LogP contribution in [0.15, 0.2) is 29.4 Å². The number of halogens is 1. The molecule has 2 aromatic heterocycles. The van der Waals surface area contributed by atoms with Crippen LogP contribution in [0.25, 0.3) is 0 Å². The quantitative estimate of drug-likeness (QED) is 0.392. The number of carbonyl (C=O) groups is 1. The molecule has 0 radical (unpaired) electrons. The standard InChI is InChI=1S/C24H26ClN5O2S2/c1-15(32-19-11-8-7-10-18(19)25)22-28-29-24(30(22)2)33-14-21(31)27-23-17(13-26)16-9-5-3-4-6-12-20(16)34-23/h7-8,10-11,15H,3-6,9,12,14H2,1-2H3,(H,27,31). The van der Waals surface area contributed by atoms with Crippen LogP contribution < -0.4 is 10.1 Å². The van der Waals surface area contributed by atoms with Gasteiger partial charge in [0, 0.05) is 11.9 Å². The molecule has 0 saturated carbocycles. The zero-order chi connectivity index (χ0) is 24.1. The smallest absolute Gasteiger partial charge is 0.235 e. The fourth-order valence-corrected chi connectivity index (χ4v) is 6.16. The molecule has 0 spiro atoms. The number of thioether (sulfide) groups is 1. The predicted octanol–water partition coefficient (Wildman–Crippen LogP) is 5.93. The van der Waals surface area contributed by atoms with E-state index < -0.39 is 0 Å². The Balaban J connectivity index is 1.39. The normalized spacial score (nSPS) is 14.4. The van der Waals surface area contributed by atoms with Crippen molar-refractivity contribution in [3.8, 4) is 11.8 Å². The lowest BCUT2D eigenvalue weighted by atomic mass is 9.97. The summed E-state index contributed by atoms with van der Waals surface area (Å²) >= 11 is 9.03. The summed E-state index contributed by atoms with van der Waals surface area (Å²) in [6.45, 7) is 1.88. The topological polar surface area (TPSA) is 92.8 Å². The summed E-state index contributed by atoms with van der Waals surface area (Å²) in [5.41, 5.74) is 1.76. The van der Waals surface area contributed by atoms with E-state index in [-0.39, 0.29) is 17.8 Å². The van der Waals surface area contributed by atoms with Gasteiger partial charge in [-0.2, -0.15) is 5.26 Å². The Bertz CT molecular complexity index is 1220. The number of aryl methyl sites for hydroxylation is 1. The molecule has 4 rings (SSSR count). The van der Waals surface area contributed by atoms with E-state index in [4.69, 9.17) is 16.3 Å². The number of fused-ring (bicyclic) bond motifs is 1. The van der Waals surface area contributed by atoms with Crippen molar-refractivity contribution in [1.82, 2.24) is 14.8 Å². The van der Waals surface area contributed by atoms with Crippen LogP contribution in [0.2, 0.25) is 5.02 Å². The summed E-state index contributed by atoms with van der Waals surface area (Å²) in [5, 5.41) is 22.9. The molecule has 1 amide bonds. The number of ether oxygens (including phenoxy) is 1. The van der Waals surface area contributed by atoms with E-state index >= 15 is 0 Å². The Labute approximate surface area is 212 Å². The number of hydrogen-bond acceptors (Lipinski definition) is 7. The third kappa shape index (κ3) is 5.57. The summed E-state index contributed by atoms with van der Waals surface area (Å²) in [5.74, 6) is 1.21. The van der Waals surface area contributed by atoms with Crippen LogP contribution in [-0.4, -0.2) is 26.4 Å². The summed E-state index contributed by atoms with van der Waals surface area (Å²) in [4.78, 5) is 13.9. The van der Waals surface area contributed by atoms with Crippen molar-refractivity contribution in [3.05, 3.63) is 51.1 Å². The van der Waals surface area contributed by atoms with Gasteiger partial charge in [0.15, 0.2) is 17.1 Å². The van der Waals surface area contributed by atoms with Crippen molar-refractivity contribution in [1.29, 1.82) is 5.26 Å². The highest BCUT2D eigenvalue weighted by Gasteiger charge is 2.22. The minimum absolute atomic E-state index is 0.166. The number of thiophene rings is 1. The Morgan fingerprint density at radius 1 is 1.29 bits per heavy atom. The van der Waals surface area contributed by atoms with Crippen LogP contribution >= 0.6 is 34.7 Å². The number of aromatic nitrogens is 3. The predicted molar refractivity (Wildman–Crippen MR) is 136 cm³/mol. The molecule has 1 aromatic carbocycles. The second kappa shape index (κ2) is 11.3. The van der Waals surface area contributed by atoms with Crippen LogP contribution in [0.3, 0.4) is 0 Å². The van der Waals surface area contributed by atoms with Crippen molar-refractivity contribution >= 4 is 45.6 Å². The average Bonchev–Trinajstić information content (AvgIpc) is 3.32. The monoisotopic (exact) mass is 515 g/mol. The molecule has 2 heterocycles. The van der Waals surface area contributed by atoms with Crippen LogP contribution in [0, 0.1) is 11.3 Å². The third-order valence-electron chi connectivity index (χ3n) is 5.74. The average molecular weight is 516 g/mol. The highest BCUT2D eigenvalue weighted by atomic mass is 35.5. The molecule has 0 fully saturated rings. The van der Waals surface area contributed by atoms with Crippen molar-refractivity contribution < 1.29 is 9.53 Å². The summed E-state index contributed by atoms with van der Waals surface area (Å²) in [7, 11) is 1.84. The van der Waals surface area contributed by atoms with Gasteiger partial charge in [-0.1, -0.05) is 48.3 Å². The molecular formula is C24H26ClN5O2S2. The Morgan fingerprint density at radius 3 is 2.82 bits per heavy atom. The fraction of sp³-hybridized carbons (Fsp3) is 0.417. The van der Waals surface area contributed by atoms with E-state index in [0.717, 1.165) is 31.2 Å². The first kappa shape index (κ1) is 24.6. The van der Waals surface area contributed by atoms with Gasteiger partial charge in [-0.15, -0.1) is 21.5 Å². The van der Waals surface area contributed by atoms with E-state index in [1.165, 1.54) is 29.5 Å². The molecule has 0 saturated heterocycles. The van der Waals surface area contributed by atoms with Gasteiger partial charge in [0.25, 0.3) is 0 Å². The second-order valence-electron chi connectivity index (χ2n) is 8.16. The lowest BCUT2D eigenvalue weighted by Crippen LogP contribution is -2.15. The first-order valence-corrected chi connectivity index (χ1v) is 13.4. The maximum atomic E-state index is 12.7. The molecular weight excluding hydrogens is 490 g/mol. The van der Waals surface area contributed by atoms with Crippen LogP contribution in [0.4, 0.5) is 5.00 Å². The van der Waals surface area contributed by atoms with Gasteiger partial charge in [0.05, 0.1) is 16.3 Å². The van der Waals surface area contributed by atoms with Crippen LogP contribution in [-0.2, 0) is 24.7 Å². The van der Waals surface area contributed by atoms with E-state index in [2.05, 4.69) is 21.6 Å². The van der Waals surface area contributed by atoms with Crippen molar-refractivity contribution in [2.24, 2.45) is 7.05 Å². The number of hydrogen-bond donors (Lipinski definition) is 1. The number of amides is 1. The van der Waals surface area contributed by atoms with Crippen molar-refractivity contribution in [3.63, 3.8) is 0 Å². The van der Waals surface area contributed by atoms with Gasteiger partial charge < -0.3 is 14.6 Å². The SMILES string of the molecule is CC(Oc1ccccc1Cl)c1nnc(SCC(=O)Nc2sc3c(c2C#N)CCCCCC3)n1C. The van der Waals surface area contributed by atoms with Gasteiger partial charge in [-0.25, -0.2) is 0 Å². The van der Waals surface area contributed by atoms with Crippen molar-refractivity contribution in [2.45, 2.75) is 56.7 Å². The van der Waals surface area contributed by atoms with Gasteiger partial charge >= 0.3 is 0 Å². The molecule has 0 bridgehead atoms. The number of nitrogens with one attached hydrogen (secondary N) is 1. The Hall–Kier alpha value is -2.54. The molecule has 7 nitrogen and oxygen atoms in total. The van der Waals surface area contributed by atoms with E-state index in [1.54, 1.807) is 23.5 Å². The molecule has 1 unspecified atom stereocenters. The summed E-state index contributed by atoms with van der Waals surface area (Å²) in [6, 6.07) is 9.59. The molecule has 178 valence electrons. The highest BCUT2D eigenvalue weighted by Crippen LogP contribution is 2.37. The lowest BCUT2D eigenvalue weighted by Gasteiger charge is -2.15. The molecule has 34 heavy (non-hydrogen) atoms. The number of anilines is 1. The maximum Gasteiger partial charge on any atom is 0.235 e. The zero-order valence-corrected chi connectivity index (χ0v) is 21.5. The second-order valence-corrected chi connectivity index (χ2v) is 10.6. The third-order valence-corrected chi connectivity index (χ3v) is 8.28. The van der Waals surface area contributed by atoms with Crippen LogP contribution in [0.1, 0.15) is 60.5 Å². The van der Waals surface area contributed by atoms with Gasteiger partial charge in [0.1, 0.15) is 16.8 Å². The minimum Gasteiger partial charge on any atom is -0.481 e. The molecule has 3 aromatic rings. The number of nitriles is 1. The van der Waals surface area contributed by atoms with Crippen LogP contribution in [0.5, 0.6) is 5.75 Å².